The van der Waals surface area contributed by atoms with E-state index in [1.165, 1.54) is 12.5 Å². The van der Waals surface area contributed by atoms with Crippen LogP contribution in [0.3, 0.4) is 0 Å². The minimum atomic E-state index is -4.96. The number of carboxylic acid groups (broad SMARTS) is 1. The van der Waals surface area contributed by atoms with Crippen molar-refractivity contribution in [3.8, 4) is 0 Å². The summed E-state index contributed by atoms with van der Waals surface area (Å²) in [5.74, 6) is 0. The summed E-state index contributed by atoms with van der Waals surface area (Å²) in [4.78, 5) is 27.3. The normalized spacial score (nSPS) is 16.6. The molecule has 0 fully saturated rings. The van der Waals surface area contributed by atoms with Crippen molar-refractivity contribution in [1.29, 1.82) is 0 Å². The number of nitrogens with one attached hydrogen (secondary N) is 1. The molecule has 0 aliphatic rings. The van der Waals surface area contributed by atoms with Gasteiger partial charge in [0.25, 0.3) is 0 Å². The van der Waals surface area contributed by atoms with Gasteiger partial charge in [0, 0.05) is 24.4 Å². The van der Waals surface area contributed by atoms with Crippen molar-refractivity contribution in [3.05, 3.63) is 18.2 Å². The number of aromatic amines is 1. The number of rotatable bonds is 6. The molecule has 90 valence electrons. The zero-order chi connectivity index (χ0) is 12.2. The number of H-pyrrole nitrogens is 1. The summed E-state index contributed by atoms with van der Waals surface area (Å²) in [6.45, 7) is -0.423. The molecular weight excluding hydrogens is 237 g/mol. The number of nitrogens with two attached hydrogens (primary N) is 1. The first-order valence-corrected chi connectivity index (χ1v) is 5.86. The number of hydrogen-bond donors (Lipinski definition) is 2. The molecule has 3 N–H and O–H groups in total. The highest BCUT2D eigenvalue weighted by Gasteiger charge is 2.13. The highest BCUT2D eigenvalue weighted by Crippen LogP contribution is 2.35. The average Bonchev–Trinajstić information content (AvgIpc) is 2.67. The van der Waals surface area contributed by atoms with E-state index < -0.39 is 26.0 Å². The molecule has 0 aliphatic carbocycles. The summed E-state index contributed by atoms with van der Waals surface area (Å²) in [6.07, 6.45) is 3.27. The molecule has 1 aromatic rings. The van der Waals surface area contributed by atoms with E-state index in [1.54, 1.807) is 0 Å². The lowest BCUT2D eigenvalue weighted by Crippen LogP contribution is -2.33. The summed E-state index contributed by atoms with van der Waals surface area (Å²) < 4.78 is 14.9. The molecule has 9 heteroatoms. The van der Waals surface area contributed by atoms with Gasteiger partial charge < -0.3 is 34.6 Å². The van der Waals surface area contributed by atoms with Crippen LogP contribution in [-0.2, 0) is 15.5 Å². The third kappa shape index (κ3) is 3.74. The van der Waals surface area contributed by atoms with Gasteiger partial charge in [0.15, 0.2) is 7.60 Å². The number of nitrogens with zero attached hydrogens (tertiary/aromatic N) is 1. The van der Waals surface area contributed by atoms with Gasteiger partial charge >= 0.3 is 0 Å². The Morgan fingerprint density at radius 2 is 2.44 bits per heavy atom. The van der Waals surface area contributed by atoms with Gasteiger partial charge in [0.05, 0.1) is 12.9 Å². The maximum atomic E-state index is 10.7. The van der Waals surface area contributed by atoms with E-state index >= 15 is 0 Å². The molecule has 0 bridgehead atoms. The van der Waals surface area contributed by atoms with Gasteiger partial charge in [-0.15, -0.1) is 0 Å². The second-order valence-electron chi connectivity index (χ2n) is 3.10. The summed E-state index contributed by atoms with van der Waals surface area (Å²) in [7, 11) is -4.96. The lowest BCUT2D eigenvalue weighted by Gasteiger charge is -2.25. The molecule has 1 rings (SSSR count). The Hall–Kier alpha value is -1.21. The fraction of sp³-hybridized carbons (Fsp3) is 0.429. The van der Waals surface area contributed by atoms with Crippen LogP contribution in [0, 0.1) is 0 Å². The maximum absolute atomic E-state index is 10.7. The molecule has 0 saturated heterocycles. The molecule has 1 heterocycles. The zero-order valence-corrected chi connectivity index (χ0v) is 9.05. The van der Waals surface area contributed by atoms with Crippen molar-refractivity contribution >= 4 is 13.3 Å². The highest BCUT2D eigenvalue weighted by atomic mass is 31.2. The van der Waals surface area contributed by atoms with Crippen LogP contribution in [0.25, 0.3) is 0 Å². The van der Waals surface area contributed by atoms with E-state index in [4.69, 9.17) is 5.73 Å². The van der Waals surface area contributed by atoms with E-state index in [-0.39, 0.29) is 0 Å². The summed E-state index contributed by atoms with van der Waals surface area (Å²) >= 11 is 0. The quantitative estimate of drug-likeness (QED) is 0.563. The van der Waals surface area contributed by atoms with Crippen molar-refractivity contribution in [2.45, 2.75) is 12.5 Å². The Labute approximate surface area is 91.0 Å². The second-order valence-corrected chi connectivity index (χ2v) is 4.72. The Balaban J connectivity index is 2.39. The summed E-state index contributed by atoms with van der Waals surface area (Å²) in [5.41, 5.74) is 3.98. The second kappa shape index (κ2) is 5.22. The van der Waals surface area contributed by atoms with Crippen molar-refractivity contribution in [2.75, 3.05) is 6.61 Å². The van der Waals surface area contributed by atoms with Crippen LogP contribution < -0.4 is 15.7 Å². The first kappa shape index (κ1) is 12.9. The number of carbonyl (C=O) groups is 1. The number of imidazole rings is 1. The van der Waals surface area contributed by atoms with Crippen LogP contribution >= 0.6 is 7.60 Å². The standard InChI is InChI=1S/C7H12N3O5P/c8-5(1-6-2-9-4-10-6)3-15-16(13,14)7(11)12/h2,4-5H,1,3,8H2,(H,9,10)(H,11,12)(H,13,14)/p-2. The molecule has 2 atom stereocenters. The first-order valence-electron chi connectivity index (χ1n) is 4.32. The van der Waals surface area contributed by atoms with Crippen LogP contribution in [0.1, 0.15) is 5.69 Å². The summed E-state index contributed by atoms with van der Waals surface area (Å²) in [5, 5.41) is 10.1. The minimum Gasteiger partial charge on any atom is -0.774 e. The smallest absolute Gasteiger partial charge is 0.180 e. The van der Waals surface area contributed by atoms with Gasteiger partial charge in [-0.05, 0) is 0 Å². The van der Waals surface area contributed by atoms with Gasteiger partial charge in [0.1, 0.15) is 5.71 Å². The molecule has 8 nitrogen and oxygen atoms in total. The van der Waals surface area contributed by atoms with E-state index in [9.17, 15) is 19.4 Å². The van der Waals surface area contributed by atoms with Crippen LogP contribution in [0.15, 0.2) is 12.5 Å². The van der Waals surface area contributed by atoms with Gasteiger partial charge in [-0.3, -0.25) is 0 Å². The molecule has 0 spiro atoms. The van der Waals surface area contributed by atoms with Crippen LogP contribution in [0.5, 0.6) is 0 Å². The molecule has 0 radical (unpaired) electrons. The van der Waals surface area contributed by atoms with Gasteiger partial charge in [-0.2, -0.15) is 0 Å². The lowest BCUT2D eigenvalue weighted by molar-refractivity contribution is -0.257. The molecule has 2 unspecified atom stereocenters. The van der Waals surface area contributed by atoms with E-state index in [1.807, 2.05) is 0 Å². The van der Waals surface area contributed by atoms with E-state index in [0.29, 0.717) is 12.1 Å². The molecule has 0 aliphatic heterocycles. The predicted octanol–water partition coefficient (Wildman–Crippen LogP) is -1.81. The highest BCUT2D eigenvalue weighted by molar-refractivity contribution is 7.68. The SMILES string of the molecule is NC(COP(=O)([O-])C(=O)[O-])Cc1cnc[nH]1. The fourth-order valence-corrected chi connectivity index (χ4v) is 1.48. The largest absolute Gasteiger partial charge is 0.774 e. The Bertz CT molecular complexity index is 393. The maximum Gasteiger partial charge on any atom is 0.180 e. The van der Waals surface area contributed by atoms with Gasteiger partial charge in [0.2, 0.25) is 0 Å². The van der Waals surface area contributed by atoms with Crippen molar-refractivity contribution in [3.63, 3.8) is 0 Å². The van der Waals surface area contributed by atoms with E-state index in [2.05, 4.69) is 14.5 Å². The summed E-state index contributed by atoms with van der Waals surface area (Å²) in [6, 6.07) is -0.651. The Kier molecular flexibility index (Phi) is 4.19. The Morgan fingerprint density at radius 3 is 2.94 bits per heavy atom. The van der Waals surface area contributed by atoms with Crippen LogP contribution in [-0.4, -0.2) is 28.3 Å². The fourth-order valence-electron chi connectivity index (χ4n) is 0.984. The van der Waals surface area contributed by atoms with Crippen molar-refractivity contribution in [2.24, 2.45) is 5.73 Å². The molecule has 0 saturated carbocycles. The number of aromatic nitrogens is 2. The van der Waals surface area contributed by atoms with Gasteiger partial charge in [-0.25, -0.2) is 4.98 Å². The van der Waals surface area contributed by atoms with Crippen LogP contribution in [0.4, 0.5) is 4.79 Å². The van der Waals surface area contributed by atoms with Gasteiger partial charge in [-0.1, -0.05) is 0 Å². The van der Waals surface area contributed by atoms with E-state index in [0.717, 1.165) is 0 Å². The monoisotopic (exact) mass is 247 g/mol. The van der Waals surface area contributed by atoms with Crippen molar-refractivity contribution in [1.82, 2.24) is 9.97 Å². The molecule has 1 aromatic heterocycles. The zero-order valence-electron chi connectivity index (χ0n) is 8.16. The minimum absolute atomic E-state index is 0.299. The molecule has 0 aromatic carbocycles. The average molecular weight is 247 g/mol. The third-order valence-electron chi connectivity index (χ3n) is 1.72. The third-order valence-corrected chi connectivity index (χ3v) is 2.66. The predicted molar refractivity (Wildman–Crippen MR) is 49.2 cm³/mol. The lowest BCUT2D eigenvalue weighted by atomic mass is 10.2. The van der Waals surface area contributed by atoms with Crippen molar-refractivity contribution < 1.29 is 23.9 Å². The number of hydrogen-bond acceptors (Lipinski definition) is 7. The van der Waals surface area contributed by atoms with Crippen LogP contribution in [0.2, 0.25) is 0 Å². The molecule has 16 heavy (non-hydrogen) atoms. The molecule has 0 amide bonds. The number of carbonyl (C=O) groups excluding carboxylic acids is 1. The first-order chi connectivity index (χ1) is 7.42. The topological polar surface area (TPSA) is 144 Å². The molecular formula is C7H10N3O5P-2. The Morgan fingerprint density at radius 1 is 1.75 bits per heavy atom.